The van der Waals surface area contributed by atoms with Crippen molar-refractivity contribution in [1.29, 1.82) is 0 Å². The number of nitrogens with zero attached hydrogens (tertiary/aromatic N) is 5. The van der Waals surface area contributed by atoms with Gasteiger partial charge < -0.3 is 15.0 Å². The van der Waals surface area contributed by atoms with Crippen molar-refractivity contribution in [2.45, 2.75) is 25.9 Å². The molecular weight excluding hydrogens is 436 g/mol. The van der Waals surface area contributed by atoms with Crippen LogP contribution in [-0.2, 0) is 0 Å². The molecule has 1 fully saturated rings. The molecule has 3 aromatic heterocycles. The number of aryl methyl sites for hydroxylation is 1. The molecule has 4 heterocycles. The number of aromatic nitrogens is 4. The van der Waals surface area contributed by atoms with Gasteiger partial charge in [-0.3, -0.25) is 9.78 Å². The lowest BCUT2D eigenvalue weighted by atomic mass is 10.1. The molecule has 9 heteroatoms. The number of anilines is 1. The summed E-state index contributed by atoms with van der Waals surface area (Å²) in [5.74, 6) is 0.955. The van der Waals surface area contributed by atoms with Crippen molar-refractivity contribution >= 4 is 33.8 Å². The summed E-state index contributed by atoms with van der Waals surface area (Å²) in [6.07, 6.45) is 5.61. The highest BCUT2D eigenvalue weighted by atomic mass is 32.1. The first-order valence-electron chi connectivity index (χ1n) is 10.9. The van der Waals surface area contributed by atoms with Gasteiger partial charge in [0.15, 0.2) is 5.01 Å². The molecule has 0 saturated carbocycles. The molecule has 0 atom stereocenters. The van der Waals surface area contributed by atoms with E-state index in [0.717, 1.165) is 52.4 Å². The number of amides is 1. The lowest BCUT2D eigenvalue weighted by molar-refractivity contribution is 0.102. The van der Waals surface area contributed by atoms with E-state index < -0.39 is 0 Å². The van der Waals surface area contributed by atoms with Crippen LogP contribution in [0.25, 0.3) is 21.5 Å². The van der Waals surface area contributed by atoms with Gasteiger partial charge in [0, 0.05) is 36.4 Å². The van der Waals surface area contributed by atoms with Gasteiger partial charge in [-0.1, -0.05) is 17.4 Å². The van der Waals surface area contributed by atoms with Crippen molar-refractivity contribution < 1.29 is 9.53 Å². The largest absolute Gasteiger partial charge is 0.490 e. The maximum Gasteiger partial charge on any atom is 0.256 e. The van der Waals surface area contributed by atoms with Crippen LogP contribution in [0.1, 0.15) is 28.2 Å². The summed E-state index contributed by atoms with van der Waals surface area (Å²) in [5, 5.41) is 14.6. The van der Waals surface area contributed by atoms with Gasteiger partial charge in [0.2, 0.25) is 0 Å². The van der Waals surface area contributed by atoms with Gasteiger partial charge in [0.1, 0.15) is 28.4 Å². The molecule has 5 rings (SSSR count). The van der Waals surface area contributed by atoms with E-state index in [9.17, 15) is 4.79 Å². The Morgan fingerprint density at radius 1 is 1.09 bits per heavy atom. The molecule has 1 amide bonds. The van der Waals surface area contributed by atoms with E-state index in [1.165, 1.54) is 11.3 Å². The molecule has 1 aliphatic heterocycles. The van der Waals surface area contributed by atoms with Crippen LogP contribution >= 0.6 is 11.3 Å². The van der Waals surface area contributed by atoms with E-state index >= 15 is 0 Å². The molecule has 0 spiro atoms. The Hall–Kier alpha value is -3.43. The van der Waals surface area contributed by atoms with Gasteiger partial charge in [-0.05, 0) is 62.5 Å². The van der Waals surface area contributed by atoms with Gasteiger partial charge in [0.05, 0.1) is 0 Å². The molecule has 1 saturated heterocycles. The number of hydrogen-bond donors (Lipinski definition) is 1. The zero-order chi connectivity index (χ0) is 22.8. The Bertz CT molecular complexity index is 1300. The second-order valence-electron chi connectivity index (χ2n) is 8.21. The van der Waals surface area contributed by atoms with Crippen molar-refractivity contribution in [3.05, 3.63) is 59.4 Å². The zero-order valence-electron chi connectivity index (χ0n) is 18.5. The number of nitrogens with one attached hydrogen (secondary N) is 1. The third kappa shape index (κ3) is 4.99. The minimum absolute atomic E-state index is 0.182. The number of likely N-dealkylation sites (tertiary alicyclic amines) is 1. The summed E-state index contributed by atoms with van der Waals surface area (Å²) < 4.78 is 6.12. The van der Waals surface area contributed by atoms with Crippen LogP contribution in [0, 0.1) is 6.92 Å². The van der Waals surface area contributed by atoms with Gasteiger partial charge in [-0.2, -0.15) is 0 Å². The lowest BCUT2D eigenvalue weighted by Crippen LogP contribution is -2.35. The van der Waals surface area contributed by atoms with E-state index in [-0.39, 0.29) is 12.0 Å². The summed E-state index contributed by atoms with van der Waals surface area (Å²) >= 11 is 1.49. The second kappa shape index (κ2) is 9.21. The highest BCUT2D eigenvalue weighted by Gasteiger charge is 2.18. The van der Waals surface area contributed by atoms with Crippen LogP contribution in [0.2, 0.25) is 0 Å². The number of carbonyl (C=O) groups is 1. The normalized spacial score (nSPS) is 15.0. The Morgan fingerprint density at radius 3 is 2.70 bits per heavy atom. The second-order valence-corrected chi connectivity index (χ2v) is 9.40. The van der Waals surface area contributed by atoms with Gasteiger partial charge in [-0.15, -0.1) is 10.2 Å². The van der Waals surface area contributed by atoms with E-state index in [4.69, 9.17) is 4.74 Å². The highest BCUT2D eigenvalue weighted by molar-refractivity contribution is 7.14. The zero-order valence-corrected chi connectivity index (χ0v) is 19.3. The first-order chi connectivity index (χ1) is 16.0. The Kier molecular flexibility index (Phi) is 5.97. The third-order valence-electron chi connectivity index (χ3n) is 5.65. The van der Waals surface area contributed by atoms with Crippen LogP contribution in [0.3, 0.4) is 0 Å². The van der Waals surface area contributed by atoms with Gasteiger partial charge >= 0.3 is 0 Å². The molecule has 4 aromatic rings. The van der Waals surface area contributed by atoms with Crippen LogP contribution in [0.15, 0.2) is 48.8 Å². The van der Waals surface area contributed by atoms with Gasteiger partial charge in [-0.25, -0.2) is 4.98 Å². The first-order valence-corrected chi connectivity index (χ1v) is 11.7. The fraction of sp³-hybridized carbons (Fsp3) is 0.292. The monoisotopic (exact) mass is 460 g/mol. The van der Waals surface area contributed by atoms with Crippen LogP contribution in [0.4, 0.5) is 5.82 Å². The smallest absolute Gasteiger partial charge is 0.256 e. The lowest BCUT2D eigenvalue weighted by Gasteiger charge is -2.29. The van der Waals surface area contributed by atoms with E-state index in [1.54, 1.807) is 24.5 Å². The van der Waals surface area contributed by atoms with E-state index in [0.29, 0.717) is 17.1 Å². The number of fused-ring (bicyclic) bond motifs is 1. The topological polar surface area (TPSA) is 93.1 Å². The summed E-state index contributed by atoms with van der Waals surface area (Å²) in [4.78, 5) is 24.0. The molecule has 0 radical (unpaired) electrons. The first kappa shape index (κ1) is 21.4. The molecule has 168 valence electrons. The number of hydrogen-bond acceptors (Lipinski definition) is 8. The highest BCUT2D eigenvalue weighted by Crippen LogP contribution is 2.26. The fourth-order valence-electron chi connectivity index (χ4n) is 3.82. The summed E-state index contributed by atoms with van der Waals surface area (Å²) in [5.41, 5.74) is 1.28. The Balaban J connectivity index is 1.31. The minimum atomic E-state index is -0.232. The average Bonchev–Trinajstić information content (AvgIpc) is 3.26. The maximum absolute atomic E-state index is 12.9. The Labute approximate surface area is 195 Å². The number of carbonyl (C=O) groups excluding carboxylic acids is 1. The molecule has 0 bridgehead atoms. The molecule has 1 N–H and O–H groups in total. The molecule has 0 aliphatic carbocycles. The summed E-state index contributed by atoms with van der Waals surface area (Å²) in [6, 6.07) is 11.1. The predicted molar refractivity (Wildman–Crippen MR) is 129 cm³/mol. The van der Waals surface area contributed by atoms with Crippen LogP contribution < -0.4 is 10.1 Å². The van der Waals surface area contributed by atoms with Crippen molar-refractivity contribution in [2.24, 2.45) is 0 Å². The standard InChI is InChI=1S/C24H24N6O2S/c1-15-28-29-24(33-15)21-11-17-12-22(26-14-18(17)13-25-21)27-23(31)16-4-3-5-20(10-16)32-19-6-8-30(2)9-7-19/h3-5,10-14,19H,6-9H2,1-2H3,(H,26,27,31). The number of pyridine rings is 2. The van der Waals surface area contributed by atoms with E-state index in [2.05, 4.69) is 37.4 Å². The molecular formula is C24H24N6O2S. The predicted octanol–water partition coefficient (Wildman–Crippen LogP) is 4.18. The minimum Gasteiger partial charge on any atom is -0.490 e. The Morgan fingerprint density at radius 2 is 1.91 bits per heavy atom. The number of benzene rings is 1. The molecule has 33 heavy (non-hydrogen) atoms. The van der Waals surface area contributed by atoms with Crippen molar-refractivity contribution in [2.75, 3.05) is 25.5 Å². The molecule has 1 aliphatic rings. The number of ether oxygens (including phenoxy) is 1. The van der Waals surface area contributed by atoms with Crippen molar-refractivity contribution in [3.63, 3.8) is 0 Å². The summed E-state index contributed by atoms with van der Waals surface area (Å²) in [6.45, 7) is 3.95. The SMILES string of the molecule is Cc1nnc(-c2cc3cc(NC(=O)c4cccc(OC5CCN(C)CC5)c4)ncc3cn2)s1. The average molecular weight is 461 g/mol. The summed E-state index contributed by atoms with van der Waals surface area (Å²) in [7, 11) is 2.12. The van der Waals surface area contributed by atoms with Crippen molar-refractivity contribution in [1.82, 2.24) is 25.1 Å². The third-order valence-corrected chi connectivity index (χ3v) is 6.52. The number of piperidine rings is 1. The van der Waals surface area contributed by atoms with E-state index in [1.807, 2.05) is 31.2 Å². The molecule has 0 unspecified atom stereocenters. The van der Waals surface area contributed by atoms with Gasteiger partial charge in [0.25, 0.3) is 5.91 Å². The van der Waals surface area contributed by atoms with Crippen LogP contribution in [0.5, 0.6) is 5.75 Å². The molecule has 1 aromatic carbocycles. The fourth-order valence-corrected chi connectivity index (χ4v) is 4.48. The maximum atomic E-state index is 12.9. The van der Waals surface area contributed by atoms with Crippen molar-refractivity contribution in [3.8, 4) is 16.5 Å². The number of rotatable bonds is 5. The van der Waals surface area contributed by atoms with Crippen LogP contribution in [-0.4, -0.2) is 57.2 Å². The quantitative estimate of drug-likeness (QED) is 0.477. The molecule has 8 nitrogen and oxygen atoms in total.